The van der Waals surface area contributed by atoms with Gasteiger partial charge in [-0.1, -0.05) is 12.8 Å². The normalized spacial score (nSPS) is 22.9. The largest absolute Gasteiger partial charge is 0.342 e. The van der Waals surface area contributed by atoms with Crippen molar-refractivity contribution in [3.05, 3.63) is 0 Å². The second kappa shape index (κ2) is 9.32. The first-order valence-corrected chi connectivity index (χ1v) is 11.3. The van der Waals surface area contributed by atoms with Gasteiger partial charge in [0.15, 0.2) is 0 Å². The monoisotopic (exact) mass is 421 g/mol. The lowest BCUT2D eigenvalue weighted by Gasteiger charge is -2.29. The van der Waals surface area contributed by atoms with Gasteiger partial charge < -0.3 is 15.1 Å². The fourth-order valence-electron chi connectivity index (χ4n) is 4.90. The summed E-state index contributed by atoms with van der Waals surface area (Å²) in [6, 6.07) is -1.27. The summed E-state index contributed by atoms with van der Waals surface area (Å²) in [6.07, 6.45) is 3.88. The Hall–Kier alpha value is -2.16. The van der Waals surface area contributed by atoms with Gasteiger partial charge in [-0.3, -0.25) is 19.3 Å². The summed E-state index contributed by atoms with van der Waals surface area (Å²) in [7, 11) is 0. The Labute approximate surface area is 178 Å². The number of hydrogen-bond donors (Lipinski definition) is 1. The molecular formula is C21H35N5O4. The lowest BCUT2D eigenvalue weighted by molar-refractivity contribution is -0.142. The molecule has 9 nitrogen and oxygen atoms in total. The van der Waals surface area contributed by atoms with E-state index in [1.165, 1.54) is 0 Å². The summed E-state index contributed by atoms with van der Waals surface area (Å²) in [4.78, 5) is 57.7. The van der Waals surface area contributed by atoms with E-state index in [0.717, 1.165) is 30.7 Å². The molecule has 3 aliphatic rings. The van der Waals surface area contributed by atoms with Crippen LogP contribution in [0.1, 0.15) is 52.9 Å². The molecule has 1 unspecified atom stereocenters. The Morgan fingerprint density at radius 3 is 2.33 bits per heavy atom. The van der Waals surface area contributed by atoms with Crippen molar-refractivity contribution in [2.45, 2.75) is 64.5 Å². The van der Waals surface area contributed by atoms with Gasteiger partial charge in [0.1, 0.15) is 11.6 Å². The van der Waals surface area contributed by atoms with E-state index in [1.54, 1.807) is 11.8 Å². The summed E-state index contributed by atoms with van der Waals surface area (Å²) in [5, 5.41) is 2.85. The Balaban J connectivity index is 1.58. The predicted molar refractivity (Wildman–Crippen MR) is 112 cm³/mol. The Morgan fingerprint density at radius 2 is 1.70 bits per heavy atom. The highest BCUT2D eigenvalue weighted by atomic mass is 16.2. The molecule has 1 saturated carbocycles. The number of carbonyl (C=O) groups is 4. The zero-order valence-electron chi connectivity index (χ0n) is 18.5. The minimum absolute atomic E-state index is 0.106. The van der Waals surface area contributed by atoms with E-state index in [4.69, 9.17) is 0 Å². The van der Waals surface area contributed by atoms with Crippen LogP contribution < -0.4 is 5.32 Å². The maximum atomic E-state index is 13.1. The molecule has 2 heterocycles. The average molecular weight is 422 g/mol. The van der Waals surface area contributed by atoms with Crippen LogP contribution in [-0.4, -0.2) is 101 Å². The number of urea groups is 1. The molecule has 1 aliphatic carbocycles. The Bertz CT molecular complexity index is 687. The first-order valence-electron chi connectivity index (χ1n) is 11.3. The molecule has 1 spiro atoms. The first-order chi connectivity index (χ1) is 14.3. The van der Waals surface area contributed by atoms with Gasteiger partial charge in [0.25, 0.3) is 5.91 Å². The average Bonchev–Trinajstić information content (AvgIpc) is 3.19. The van der Waals surface area contributed by atoms with Crippen molar-refractivity contribution in [2.24, 2.45) is 0 Å². The standard InChI is InChI=1S/C21H35N5O4/c1-4-24(5-2)17(27)15-23-11-8-12-25(14-13-23)18(28)16(3)26-19(29)21(22-20(26)30)9-6-7-10-21/h16H,4-15H2,1-3H3,(H,22,30). The van der Waals surface area contributed by atoms with E-state index in [9.17, 15) is 19.2 Å². The molecule has 0 bridgehead atoms. The van der Waals surface area contributed by atoms with Gasteiger partial charge in [-0.15, -0.1) is 0 Å². The van der Waals surface area contributed by atoms with Crippen LogP contribution >= 0.6 is 0 Å². The molecule has 3 rings (SSSR count). The van der Waals surface area contributed by atoms with Crippen LogP contribution in [0.4, 0.5) is 4.79 Å². The second-order valence-electron chi connectivity index (χ2n) is 8.59. The van der Waals surface area contributed by atoms with Crippen LogP contribution in [0, 0.1) is 0 Å². The van der Waals surface area contributed by atoms with Gasteiger partial charge in [-0.25, -0.2) is 9.69 Å². The SMILES string of the molecule is CCN(CC)C(=O)CN1CCCN(C(=O)C(C)N2C(=O)NC3(CCCC3)C2=O)CC1. The predicted octanol–water partition coefficient (Wildman–Crippen LogP) is 0.642. The number of rotatable bonds is 6. The molecule has 0 radical (unpaired) electrons. The van der Waals surface area contributed by atoms with E-state index < -0.39 is 17.6 Å². The number of carbonyl (C=O) groups excluding carboxylic acids is 4. The van der Waals surface area contributed by atoms with Crippen LogP contribution in [0.3, 0.4) is 0 Å². The van der Waals surface area contributed by atoms with Crippen molar-refractivity contribution in [1.82, 2.24) is 24.9 Å². The third-order valence-corrected chi connectivity index (χ3v) is 6.77. The maximum absolute atomic E-state index is 13.1. The highest BCUT2D eigenvalue weighted by Crippen LogP contribution is 2.35. The highest BCUT2D eigenvalue weighted by Gasteiger charge is 2.54. The number of imide groups is 1. The summed E-state index contributed by atoms with van der Waals surface area (Å²) in [6.45, 7) is 9.73. The van der Waals surface area contributed by atoms with Crippen molar-refractivity contribution in [1.29, 1.82) is 0 Å². The maximum Gasteiger partial charge on any atom is 0.325 e. The Morgan fingerprint density at radius 1 is 1.03 bits per heavy atom. The third-order valence-electron chi connectivity index (χ3n) is 6.77. The van der Waals surface area contributed by atoms with Gasteiger partial charge in [0.2, 0.25) is 11.8 Å². The number of nitrogens with zero attached hydrogens (tertiary/aromatic N) is 4. The van der Waals surface area contributed by atoms with Crippen LogP contribution in [0.15, 0.2) is 0 Å². The van der Waals surface area contributed by atoms with Crippen molar-refractivity contribution >= 4 is 23.8 Å². The van der Waals surface area contributed by atoms with E-state index >= 15 is 0 Å². The van der Waals surface area contributed by atoms with Gasteiger partial charge in [-0.2, -0.15) is 0 Å². The smallest absolute Gasteiger partial charge is 0.325 e. The van der Waals surface area contributed by atoms with E-state index in [-0.39, 0.29) is 17.7 Å². The van der Waals surface area contributed by atoms with Gasteiger partial charge in [0, 0.05) is 39.3 Å². The lowest BCUT2D eigenvalue weighted by atomic mass is 9.97. The van der Waals surface area contributed by atoms with Gasteiger partial charge in [0.05, 0.1) is 6.54 Å². The minimum atomic E-state index is -0.818. The molecule has 0 aromatic rings. The van der Waals surface area contributed by atoms with Crippen LogP contribution in [0.2, 0.25) is 0 Å². The van der Waals surface area contributed by atoms with Crippen LogP contribution in [0.5, 0.6) is 0 Å². The number of nitrogens with one attached hydrogen (secondary N) is 1. The van der Waals surface area contributed by atoms with Crippen molar-refractivity contribution in [3.8, 4) is 0 Å². The minimum Gasteiger partial charge on any atom is -0.342 e. The molecule has 2 aliphatic heterocycles. The summed E-state index contributed by atoms with van der Waals surface area (Å²) < 4.78 is 0. The van der Waals surface area contributed by atoms with Crippen molar-refractivity contribution in [2.75, 3.05) is 45.8 Å². The molecule has 30 heavy (non-hydrogen) atoms. The zero-order chi connectivity index (χ0) is 21.9. The van der Waals surface area contributed by atoms with Gasteiger partial charge in [-0.05, 0) is 40.0 Å². The summed E-state index contributed by atoms with van der Waals surface area (Å²) in [5.74, 6) is -0.355. The van der Waals surface area contributed by atoms with Crippen LogP contribution in [-0.2, 0) is 14.4 Å². The number of amides is 5. The quantitative estimate of drug-likeness (QED) is 0.636. The molecule has 2 saturated heterocycles. The van der Waals surface area contributed by atoms with E-state index in [1.807, 2.05) is 18.7 Å². The number of likely N-dealkylation sites (N-methyl/N-ethyl adjacent to an activating group) is 1. The summed E-state index contributed by atoms with van der Waals surface area (Å²) >= 11 is 0. The second-order valence-corrected chi connectivity index (χ2v) is 8.59. The molecular weight excluding hydrogens is 386 g/mol. The topological polar surface area (TPSA) is 93.3 Å². The molecule has 0 aromatic carbocycles. The molecule has 1 N–H and O–H groups in total. The molecule has 0 aromatic heterocycles. The fraction of sp³-hybridized carbons (Fsp3) is 0.810. The highest BCUT2D eigenvalue weighted by molar-refractivity contribution is 6.10. The third kappa shape index (κ3) is 4.31. The molecule has 168 valence electrons. The van der Waals surface area contributed by atoms with E-state index in [2.05, 4.69) is 10.2 Å². The molecule has 3 fully saturated rings. The number of hydrogen-bond acceptors (Lipinski definition) is 5. The first kappa shape index (κ1) is 22.5. The van der Waals surface area contributed by atoms with Crippen molar-refractivity contribution < 1.29 is 19.2 Å². The van der Waals surface area contributed by atoms with Crippen molar-refractivity contribution in [3.63, 3.8) is 0 Å². The summed E-state index contributed by atoms with van der Waals surface area (Å²) in [5.41, 5.74) is -0.800. The molecule has 1 atom stereocenters. The lowest BCUT2D eigenvalue weighted by Crippen LogP contribution is -2.51. The van der Waals surface area contributed by atoms with E-state index in [0.29, 0.717) is 52.1 Å². The van der Waals surface area contributed by atoms with Crippen LogP contribution in [0.25, 0.3) is 0 Å². The zero-order valence-corrected chi connectivity index (χ0v) is 18.5. The molecule has 9 heteroatoms. The Kier molecular flexibility index (Phi) is 7.00. The molecule has 5 amide bonds. The van der Waals surface area contributed by atoms with Gasteiger partial charge >= 0.3 is 6.03 Å². The fourth-order valence-corrected chi connectivity index (χ4v) is 4.90.